The second-order valence-electron chi connectivity index (χ2n) is 5.11. The Balaban J connectivity index is 1.96. The van der Waals surface area contributed by atoms with Gasteiger partial charge in [-0.2, -0.15) is 0 Å². The number of nitrogens with zero attached hydrogens (tertiary/aromatic N) is 3. The lowest BCUT2D eigenvalue weighted by Gasteiger charge is -2.21. The van der Waals surface area contributed by atoms with Crippen LogP contribution >= 0.6 is 0 Å². The average molecular weight is 274 g/mol. The van der Waals surface area contributed by atoms with Crippen LogP contribution in [-0.4, -0.2) is 40.8 Å². The number of rotatable bonds is 3. The van der Waals surface area contributed by atoms with Gasteiger partial charge in [0.05, 0.1) is 7.11 Å². The van der Waals surface area contributed by atoms with Gasteiger partial charge in [0, 0.05) is 6.42 Å². The van der Waals surface area contributed by atoms with Crippen molar-refractivity contribution in [2.45, 2.75) is 19.3 Å². The lowest BCUT2D eigenvalue weighted by molar-refractivity contribution is 0.0591. The molecule has 0 atom stereocenters. The molecule has 0 radical (unpaired) electrons. The monoisotopic (exact) mass is 274 g/mol. The average Bonchev–Trinajstić information content (AvgIpc) is 2.91. The number of piperidine rings is 1. The first-order valence-electron chi connectivity index (χ1n) is 6.91. The van der Waals surface area contributed by atoms with Crippen LogP contribution in [0.1, 0.15) is 29.2 Å². The summed E-state index contributed by atoms with van der Waals surface area (Å²) >= 11 is 0. The number of hydrogen-bond donors (Lipinski definition) is 1. The smallest absolute Gasteiger partial charge is 0.355 e. The number of carbonyl (C=O) groups excluding carboxylic acids is 1. The number of fused-ring (bicyclic) bond motifs is 1. The number of aromatic nitrogens is 3. The lowest BCUT2D eigenvalue weighted by atomic mass is 9.94. The van der Waals surface area contributed by atoms with Crippen molar-refractivity contribution in [3.8, 4) is 0 Å². The van der Waals surface area contributed by atoms with Crippen LogP contribution in [-0.2, 0) is 11.2 Å². The van der Waals surface area contributed by atoms with Gasteiger partial charge in [-0.05, 0) is 44.0 Å². The molecular weight excluding hydrogens is 256 g/mol. The van der Waals surface area contributed by atoms with Gasteiger partial charge in [0.2, 0.25) is 0 Å². The van der Waals surface area contributed by atoms with Crippen molar-refractivity contribution in [2.75, 3.05) is 20.2 Å². The molecule has 3 heterocycles. The van der Waals surface area contributed by atoms with Crippen LogP contribution in [0.2, 0.25) is 0 Å². The molecular formula is C14H18N4O2. The number of esters is 1. The molecule has 0 bridgehead atoms. The molecule has 20 heavy (non-hydrogen) atoms. The molecule has 1 aliphatic heterocycles. The van der Waals surface area contributed by atoms with Gasteiger partial charge in [0.1, 0.15) is 11.5 Å². The molecule has 6 nitrogen and oxygen atoms in total. The number of carbonyl (C=O) groups is 1. The normalized spacial score (nSPS) is 16.4. The van der Waals surface area contributed by atoms with E-state index in [0.29, 0.717) is 17.3 Å². The van der Waals surface area contributed by atoms with Crippen molar-refractivity contribution >= 4 is 11.6 Å². The molecule has 0 aliphatic carbocycles. The Kier molecular flexibility index (Phi) is 3.64. The zero-order valence-electron chi connectivity index (χ0n) is 11.5. The summed E-state index contributed by atoms with van der Waals surface area (Å²) in [6.45, 7) is 2.09. The SMILES string of the molecule is COC(=O)c1cccc2nnc(CC3CCNCC3)n12. The van der Waals surface area contributed by atoms with E-state index in [9.17, 15) is 4.79 Å². The largest absolute Gasteiger partial charge is 0.464 e. The fourth-order valence-electron chi connectivity index (χ4n) is 2.74. The van der Waals surface area contributed by atoms with Crippen LogP contribution in [0.3, 0.4) is 0 Å². The van der Waals surface area contributed by atoms with E-state index in [2.05, 4.69) is 15.5 Å². The van der Waals surface area contributed by atoms with Gasteiger partial charge in [-0.3, -0.25) is 4.40 Å². The van der Waals surface area contributed by atoms with Crippen molar-refractivity contribution in [3.63, 3.8) is 0 Å². The van der Waals surface area contributed by atoms with E-state index in [4.69, 9.17) is 4.74 Å². The van der Waals surface area contributed by atoms with Gasteiger partial charge < -0.3 is 10.1 Å². The predicted octanol–water partition coefficient (Wildman–Crippen LogP) is 1.06. The molecule has 1 aliphatic rings. The summed E-state index contributed by atoms with van der Waals surface area (Å²) in [5, 5.41) is 11.8. The summed E-state index contributed by atoms with van der Waals surface area (Å²) in [7, 11) is 1.39. The van der Waals surface area contributed by atoms with Crippen LogP contribution in [0.15, 0.2) is 18.2 Å². The van der Waals surface area contributed by atoms with Crippen LogP contribution in [0.5, 0.6) is 0 Å². The highest BCUT2D eigenvalue weighted by atomic mass is 16.5. The van der Waals surface area contributed by atoms with Gasteiger partial charge in [0.25, 0.3) is 0 Å². The second-order valence-corrected chi connectivity index (χ2v) is 5.11. The molecule has 1 fully saturated rings. The van der Waals surface area contributed by atoms with E-state index in [1.165, 1.54) is 7.11 Å². The minimum atomic E-state index is -0.359. The van der Waals surface area contributed by atoms with Crippen molar-refractivity contribution in [2.24, 2.45) is 5.92 Å². The number of hydrogen-bond acceptors (Lipinski definition) is 5. The van der Waals surface area contributed by atoms with Crippen LogP contribution in [0, 0.1) is 5.92 Å². The minimum Gasteiger partial charge on any atom is -0.464 e. The Bertz CT molecular complexity index is 617. The second kappa shape index (κ2) is 5.58. The number of pyridine rings is 1. The van der Waals surface area contributed by atoms with E-state index >= 15 is 0 Å². The van der Waals surface area contributed by atoms with E-state index in [1.54, 1.807) is 12.1 Å². The van der Waals surface area contributed by atoms with Crippen molar-refractivity contribution in [1.82, 2.24) is 19.9 Å². The topological polar surface area (TPSA) is 68.5 Å². The summed E-state index contributed by atoms with van der Waals surface area (Å²) < 4.78 is 6.65. The maximum atomic E-state index is 11.9. The number of ether oxygens (including phenoxy) is 1. The number of nitrogens with one attached hydrogen (secondary N) is 1. The Morgan fingerprint density at radius 1 is 1.40 bits per heavy atom. The van der Waals surface area contributed by atoms with Gasteiger partial charge in [-0.1, -0.05) is 6.07 Å². The fourth-order valence-corrected chi connectivity index (χ4v) is 2.74. The first-order chi connectivity index (χ1) is 9.79. The Labute approximate surface area is 117 Å². The van der Waals surface area contributed by atoms with E-state index < -0.39 is 0 Å². The zero-order valence-corrected chi connectivity index (χ0v) is 11.5. The first-order valence-corrected chi connectivity index (χ1v) is 6.91. The van der Waals surface area contributed by atoms with Gasteiger partial charge in [0.15, 0.2) is 5.65 Å². The van der Waals surface area contributed by atoms with Crippen molar-refractivity contribution < 1.29 is 9.53 Å². The van der Waals surface area contributed by atoms with Crippen LogP contribution in [0.4, 0.5) is 0 Å². The van der Waals surface area contributed by atoms with E-state index in [0.717, 1.165) is 38.2 Å². The maximum absolute atomic E-state index is 11.9. The van der Waals surface area contributed by atoms with Crippen LogP contribution < -0.4 is 5.32 Å². The van der Waals surface area contributed by atoms with Gasteiger partial charge in [-0.15, -0.1) is 10.2 Å². The molecule has 0 amide bonds. The Morgan fingerprint density at radius 2 is 2.20 bits per heavy atom. The van der Waals surface area contributed by atoms with Crippen molar-refractivity contribution in [1.29, 1.82) is 0 Å². The maximum Gasteiger partial charge on any atom is 0.355 e. The first kappa shape index (κ1) is 13.1. The third-order valence-electron chi connectivity index (χ3n) is 3.82. The molecule has 0 unspecified atom stereocenters. The summed E-state index contributed by atoms with van der Waals surface area (Å²) in [6, 6.07) is 5.39. The predicted molar refractivity (Wildman–Crippen MR) is 73.6 cm³/mol. The number of methoxy groups -OCH3 is 1. The highest BCUT2D eigenvalue weighted by Gasteiger charge is 2.20. The van der Waals surface area contributed by atoms with E-state index in [-0.39, 0.29) is 5.97 Å². The lowest BCUT2D eigenvalue weighted by Crippen LogP contribution is -2.29. The summed E-state index contributed by atoms with van der Waals surface area (Å²) in [5.74, 6) is 1.07. The molecule has 1 N–H and O–H groups in total. The molecule has 2 aromatic heterocycles. The highest BCUT2D eigenvalue weighted by molar-refractivity contribution is 5.88. The van der Waals surface area contributed by atoms with Gasteiger partial charge >= 0.3 is 5.97 Å². The summed E-state index contributed by atoms with van der Waals surface area (Å²) in [4.78, 5) is 11.9. The minimum absolute atomic E-state index is 0.359. The molecule has 2 aromatic rings. The zero-order chi connectivity index (χ0) is 13.9. The summed E-state index contributed by atoms with van der Waals surface area (Å²) in [5.41, 5.74) is 1.18. The molecule has 0 aromatic carbocycles. The molecule has 6 heteroatoms. The van der Waals surface area contributed by atoms with Crippen LogP contribution in [0.25, 0.3) is 5.65 Å². The fraction of sp³-hybridized carbons (Fsp3) is 0.500. The molecule has 106 valence electrons. The standard InChI is InChI=1S/C14H18N4O2/c1-20-14(19)11-3-2-4-12-16-17-13(18(11)12)9-10-5-7-15-8-6-10/h2-4,10,15H,5-9H2,1H3. The highest BCUT2D eigenvalue weighted by Crippen LogP contribution is 2.19. The third kappa shape index (κ3) is 2.38. The van der Waals surface area contributed by atoms with Crippen molar-refractivity contribution in [3.05, 3.63) is 29.7 Å². The molecule has 3 rings (SSSR count). The third-order valence-corrected chi connectivity index (χ3v) is 3.82. The molecule has 0 spiro atoms. The van der Waals surface area contributed by atoms with Gasteiger partial charge in [-0.25, -0.2) is 4.79 Å². The summed E-state index contributed by atoms with van der Waals surface area (Å²) in [6.07, 6.45) is 3.11. The Morgan fingerprint density at radius 3 is 2.95 bits per heavy atom. The Hall–Kier alpha value is -1.95. The van der Waals surface area contributed by atoms with E-state index in [1.807, 2.05) is 10.5 Å². The quantitative estimate of drug-likeness (QED) is 0.848. The molecule has 0 saturated carbocycles. The molecule has 1 saturated heterocycles.